The Bertz CT molecular complexity index is 342. The molecule has 7 heteroatoms. The predicted octanol–water partition coefficient (Wildman–Crippen LogP) is -0.140. The molecule has 1 fully saturated rings. The van der Waals surface area contributed by atoms with Crippen molar-refractivity contribution in [2.24, 2.45) is 0 Å². The van der Waals surface area contributed by atoms with Crippen LogP contribution in [0.4, 0.5) is 4.79 Å². The van der Waals surface area contributed by atoms with Gasteiger partial charge in [0.05, 0.1) is 13.2 Å². The molecule has 0 spiro atoms. The summed E-state index contributed by atoms with van der Waals surface area (Å²) in [4.78, 5) is 35.5. The van der Waals surface area contributed by atoms with Crippen LogP contribution in [0.15, 0.2) is 0 Å². The fourth-order valence-electron chi connectivity index (χ4n) is 1.45. The summed E-state index contributed by atoms with van der Waals surface area (Å²) in [5.74, 6) is -0.334. The first kappa shape index (κ1) is 15.3. The summed E-state index contributed by atoms with van der Waals surface area (Å²) >= 11 is 0. The second kappa shape index (κ2) is 7.60. The molecule has 0 aromatic heterocycles. The molecule has 0 radical (unpaired) electrons. The zero-order valence-corrected chi connectivity index (χ0v) is 11.4. The van der Waals surface area contributed by atoms with E-state index in [9.17, 15) is 14.4 Å². The maximum atomic E-state index is 11.7. The van der Waals surface area contributed by atoms with E-state index in [4.69, 9.17) is 0 Å². The molecule has 0 atom stereocenters. The standard InChI is InChI=1S/C12H21N3O4/c1-3-19-12(18)13-7-6-11(17)15(2)8-10(16)14-9-4-5-9/h9H,3-8H2,1-2H3,(H,13,18)(H,14,16). The highest BCUT2D eigenvalue weighted by Crippen LogP contribution is 2.18. The Morgan fingerprint density at radius 1 is 1.32 bits per heavy atom. The maximum Gasteiger partial charge on any atom is 0.407 e. The highest BCUT2D eigenvalue weighted by Gasteiger charge is 2.24. The summed E-state index contributed by atoms with van der Waals surface area (Å²) < 4.78 is 4.66. The Labute approximate surface area is 112 Å². The second-order valence-electron chi connectivity index (χ2n) is 4.49. The van der Waals surface area contributed by atoms with Gasteiger partial charge in [-0.2, -0.15) is 0 Å². The van der Waals surface area contributed by atoms with Crippen molar-refractivity contribution < 1.29 is 19.1 Å². The molecule has 1 aliphatic rings. The van der Waals surface area contributed by atoms with Gasteiger partial charge in [-0.1, -0.05) is 0 Å². The van der Waals surface area contributed by atoms with Crippen molar-refractivity contribution in [3.8, 4) is 0 Å². The molecule has 0 aromatic carbocycles. The molecule has 0 unspecified atom stereocenters. The zero-order valence-electron chi connectivity index (χ0n) is 11.4. The Kier molecular flexibility index (Phi) is 6.11. The molecule has 0 aliphatic heterocycles. The molecule has 0 saturated heterocycles. The first-order valence-electron chi connectivity index (χ1n) is 6.47. The van der Waals surface area contributed by atoms with Gasteiger partial charge in [-0.15, -0.1) is 0 Å². The van der Waals surface area contributed by atoms with Crippen LogP contribution >= 0.6 is 0 Å². The normalized spacial score (nSPS) is 13.6. The van der Waals surface area contributed by atoms with Crippen molar-refractivity contribution in [3.05, 3.63) is 0 Å². The lowest BCUT2D eigenvalue weighted by Crippen LogP contribution is -2.40. The number of ether oxygens (including phenoxy) is 1. The minimum atomic E-state index is -0.538. The van der Waals surface area contributed by atoms with Crippen LogP contribution in [0.2, 0.25) is 0 Å². The van der Waals surface area contributed by atoms with Crippen molar-refractivity contribution in [2.45, 2.75) is 32.2 Å². The molecule has 0 aromatic rings. The van der Waals surface area contributed by atoms with Gasteiger partial charge in [0.15, 0.2) is 0 Å². The number of amides is 3. The molecule has 0 bridgehead atoms. The number of alkyl carbamates (subject to hydrolysis) is 1. The van der Waals surface area contributed by atoms with Crippen LogP contribution in [0.3, 0.4) is 0 Å². The fourth-order valence-corrected chi connectivity index (χ4v) is 1.45. The van der Waals surface area contributed by atoms with Crippen LogP contribution < -0.4 is 10.6 Å². The summed E-state index contributed by atoms with van der Waals surface area (Å²) in [5, 5.41) is 5.26. The first-order chi connectivity index (χ1) is 9.02. The number of carbonyl (C=O) groups excluding carboxylic acids is 3. The Morgan fingerprint density at radius 3 is 2.58 bits per heavy atom. The molecular weight excluding hydrogens is 250 g/mol. The van der Waals surface area contributed by atoms with Crippen LogP contribution in [0.25, 0.3) is 0 Å². The van der Waals surface area contributed by atoms with Crippen molar-refractivity contribution in [1.29, 1.82) is 0 Å². The molecule has 1 saturated carbocycles. The molecule has 0 heterocycles. The van der Waals surface area contributed by atoms with Gasteiger partial charge in [0.25, 0.3) is 0 Å². The monoisotopic (exact) mass is 271 g/mol. The fraction of sp³-hybridized carbons (Fsp3) is 0.750. The molecule has 19 heavy (non-hydrogen) atoms. The third kappa shape index (κ3) is 6.64. The lowest BCUT2D eigenvalue weighted by atomic mass is 10.3. The van der Waals surface area contributed by atoms with Crippen molar-refractivity contribution in [2.75, 3.05) is 26.7 Å². The molecule has 1 aliphatic carbocycles. The molecular formula is C12H21N3O4. The summed E-state index contributed by atoms with van der Waals surface area (Å²) in [7, 11) is 1.57. The van der Waals surface area contributed by atoms with Gasteiger partial charge < -0.3 is 20.3 Å². The van der Waals surface area contributed by atoms with E-state index in [2.05, 4.69) is 15.4 Å². The molecule has 7 nitrogen and oxygen atoms in total. The van der Waals surface area contributed by atoms with Crippen molar-refractivity contribution in [1.82, 2.24) is 15.5 Å². The van der Waals surface area contributed by atoms with Gasteiger partial charge in [0.2, 0.25) is 11.8 Å². The smallest absolute Gasteiger partial charge is 0.407 e. The topological polar surface area (TPSA) is 87.7 Å². The number of nitrogens with zero attached hydrogens (tertiary/aromatic N) is 1. The van der Waals surface area contributed by atoms with E-state index in [0.717, 1.165) is 12.8 Å². The number of rotatable bonds is 7. The maximum absolute atomic E-state index is 11.7. The summed E-state index contributed by atoms with van der Waals surface area (Å²) in [5.41, 5.74) is 0. The van der Waals surface area contributed by atoms with E-state index < -0.39 is 6.09 Å². The number of hydrogen-bond donors (Lipinski definition) is 2. The SMILES string of the molecule is CCOC(=O)NCCC(=O)N(C)CC(=O)NC1CC1. The number of likely N-dealkylation sites (N-methyl/N-ethyl adjacent to an activating group) is 1. The number of hydrogen-bond acceptors (Lipinski definition) is 4. The largest absolute Gasteiger partial charge is 0.450 e. The van der Waals surface area contributed by atoms with Crippen LogP contribution in [-0.2, 0) is 14.3 Å². The Hall–Kier alpha value is -1.79. The van der Waals surface area contributed by atoms with Gasteiger partial charge >= 0.3 is 6.09 Å². The average molecular weight is 271 g/mol. The van der Waals surface area contributed by atoms with Crippen LogP contribution in [0, 0.1) is 0 Å². The number of carbonyl (C=O) groups is 3. The minimum absolute atomic E-state index is 0.0503. The van der Waals surface area contributed by atoms with Gasteiger partial charge in [-0.25, -0.2) is 4.79 Å². The predicted molar refractivity (Wildman–Crippen MR) is 68.4 cm³/mol. The minimum Gasteiger partial charge on any atom is -0.450 e. The lowest BCUT2D eigenvalue weighted by molar-refractivity contribution is -0.134. The molecule has 108 valence electrons. The van der Waals surface area contributed by atoms with Crippen molar-refractivity contribution in [3.63, 3.8) is 0 Å². The van der Waals surface area contributed by atoms with E-state index in [1.807, 2.05) is 0 Å². The van der Waals surface area contributed by atoms with E-state index in [1.165, 1.54) is 4.90 Å². The van der Waals surface area contributed by atoms with Crippen LogP contribution in [0.5, 0.6) is 0 Å². The second-order valence-corrected chi connectivity index (χ2v) is 4.49. The van der Waals surface area contributed by atoms with Gasteiger partial charge in [0.1, 0.15) is 0 Å². The van der Waals surface area contributed by atoms with E-state index >= 15 is 0 Å². The molecule has 2 N–H and O–H groups in total. The number of nitrogens with one attached hydrogen (secondary N) is 2. The van der Waals surface area contributed by atoms with Gasteiger partial charge in [0, 0.05) is 26.1 Å². The molecule has 3 amide bonds. The summed E-state index contributed by atoms with van der Waals surface area (Å²) in [6.07, 6.45) is 1.65. The lowest BCUT2D eigenvalue weighted by Gasteiger charge is -2.16. The first-order valence-corrected chi connectivity index (χ1v) is 6.47. The third-order valence-corrected chi connectivity index (χ3v) is 2.63. The summed E-state index contributed by atoms with van der Waals surface area (Å²) in [6.45, 7) is 2.25. The third-order valence-electron chi connectivity index (χ3n) is 2.63. The summed E-state index contributed by atoms with van der Waals surface area (Å²) in [6, 6.07) is 0.293. The average Bonchev–Trinajstić information content (AvgIpc) is 3.12. The van der Waals surface area contributed by atoms with Gasteiger partial charge in [-0.05, 0) is 19.8 Å². The zero-order chi connectivity index (χ0) is 14.3. The van der Waals surface area contributed by atoms with Crippen LogP contribution in [0.1, 0.15) is 26.2 Å². The van der Waals surface area contributed by atoms with E-state index in [1.54, 1.807) is 14.0 Å². The van der Waals surface area contributed by atoms with E-state index in [-0.39, 0.29) is 31.3 Å². The van der Waals surface area contributed by atoms with Crippen molar-refractivity contribution >= 4 is 17.9 Å². The Balaban J connectivity index is 2.13. The van der Waals surface area contributed by atoms with Gasteiger partial charge in [-0.3, -0.25) is 9.59 Å². The Morgan fingerprint density at radius 2 is 2.00 bits per heavy atom. The van der Waals surface area contributed by atoms with E-state index in [0.29, 0.717) is 12.6 Å². The quantitative estimate of drug-likeness (QED) is 0.674. The molecule has 1 rings (SSSR count). The van der Waals surface area contributed by atoms with Crippen LogP contribution in [-0.4, -0.2) is 55.6 Å². The highest BCUT2D eigenvalue weighted by atomic mass is 16.5. The highest BCUT2D eigenvalue weighted by molar-refractivity contribution is 5.85.